The first kappa shape index (κ1) is 21.6. The van der Waals surface area contributed by atoms with Crippen molar-refractivity contribution in [3.05, 3.63) is 101 Å². The second-order valence-electron chi connectivity index (χ2n) is 8.19. The number of nitrogens with zero attached hydrogens (tertiary/aromatic N) is 2. The van der Waals surface area contributed by atoms with Crippen molar-refractivity contribution in [3.63, 3.8) is 0 Å². The van der Waals surface area contributed by atoms with Crippen LogP contribution in [0.5, 0.6) is 0 Å². The summed E-state index contributed by atoms with van der Waals surface area (Å²) in [4.78, 5) is 20.7. The van der Waals surface area contributed by atoms with Crippen LogP contribution in [0.15, 0.2) is 84.0 Å². The summed E-state index contributed by atoms with van der Waals surface area (Å²) in [5.41, 5.74) is 6.26. The molecule has 1 aliphatic rings. The van der Waals surface area contributed by atoms with Gasteiger partial charge in [-0.05, 0) is 42.2 Å². The third-order valence-corrected chi connectivity index (χ3v) is 5.63. The first-order valence-corrected chi connectivity index (χ1v) is 11.1. The molecule has 0 fully saturated rings. The highest BCUT2D eigenvalue weighted by molar-refractivity contribution is 6.01. The summed E-state index contributed by atoms with van der Waals surface area (Å²) >= 11 is 0. The molecule has 0 radical (unpaired) electrons. The van der Waals surface area contributed by atoms with Crippen molar-refractivity contribution in [1.82, 2.24) is 4.90 Å². The highest BCUT2D eigenvalue weighted by Crippen LogP contribution is 2.20. The van der Waals surface area contributed by atoms with Gasteiger partial charge in [0.15, 0.2) is 6.10 Å². The van der Waals surface area contributed by atoms with Crippen LogP contribution < -0.4 is 5.32 Å². The minimum Gasteiger partial charge on any atom is -0.390 e. The molecule has 1 N–H and O–H groups in total. The molecule has 0 bridgehead atoms. The monoisotopic (exact) mass is 427 g/mol. The van der Waals surface area contributed by atoms with Crippen LogP contribution in [0.1, 0.15) is 35.6 Å². The largest absolute Gasteiger partial charge is 0.390 e. The van der Waals surface area contributed by atoms with Crippen molar-refractivity contribution in [2.75, 3.05) is 11.9 Å². The Morgan fingerprint density at radius 2 is 1.78 bits per heavy atom. The SMILES string of the molecule is CCc1cccc(NC(=O)N(Cc2ccccc2)C[C@H]2CC(c3ccc(C)cc3)=NO2)c1. The zero-order valence-electron chi connectivity index (χ0n) is 18.6. The zero-order chi connectivity index (χ0) is 22.3. The van der Waals surface area contributed by atoms with Crippen LogP contribution in [0, 0.1) is 6.92 Å². The normalized spacial score (nSPS) is 15.1. The molecule has 2 amide bonds. The average molecular weight is 428 g/mol. The third-order valence-electron chi connectivity index (χ3n) is 5.63. The van der Waals surface area contributed by atoms with E-state index < -0.39 is 0 Å². The maximum Gasteiger partial charge on any atom is 0.322 e. The van der Waals surface area contributed by atoms with E-state index in [-0.39, 0.29) is 12.1 Å². The predicted molar refractivity (Wildman–Crippen MR) is 129 cm³/mol. The number of anilines is 1. The molecule has 1 aliphatic heterocycles. The number of carbonyl (C=O) groups is 1. The minimum absolute atomic E-state index is 0.144. The van der Waals surface area contributed by atoms with E-state index in [1.807, 2.05) is 48.5 Å². The van der Waals surface area contributed by atoms with E-state index in [2.05, 4.69) is 54.7 Å². The average Bonchev–Trinajstić information content (AvgIpc) is 3.28. The van der Waals surface area contributed by atoms with Crippen molar-refractivity contribution in [3.8, 4) is 0 Å². The van der Waals surface area contributed by atoms with E-state index in [0.717, 1.165) is 28.9 Å². The van der Waals surface area contributed by atoms with Crippen molar-refractivity contribution < 1.29 is 9.63 Å². The Bertz CT molecular complexity index is 1080. The van der Waals surface area contributed by atoms with Crippen LogP contribution in [0.2, 0.25) is 0 Å². The number of hydrogen-bond donors (Lipinski definition) is 1. The second-order valence-corrected chi connectivity index (χ2v) is 8.19. The maximum absolute atomic E-state index is 13.2. The predicted octanol–water partition coefficient (Wildman–Crippen LogP) is 5.78. The van der Waals surface area contributed by atoms with Crippen LogP contribution in [0.3, 0.4) is 0 Å². The lowest BCUT2D eigenvalue weighted by Gasteiger charge is -2.25. The number of benzene rings is 3. The van der Waals surface area contributed by atoms with Gasteiger partial charge >= 0.3 is 6.03 Å². The number of amides is 2. The molecule has 3 aromatic rings. The zero-order valence-corrected chi connectivity index (χ0v) is 18.6. The van der Waals surface area contributed by atoms with Gasteiger partial charge in [-0.3, -0.25) is 0 Å². The van der Waals surface area contributed by atoms with Gasteiger partial charge in [0.25, 0.3) is 0 Å². The molecule has 1 atom stereocenters. The first-order chi connectivity index (χ1) is 15.6. The first-order valence-electron chi connectivity index (χ1n) is 11.1. The number of oxime groups is 1. The molecule has 0 saturated carbocycles. The molecule has 5 nitrogen and oxygen atoms in total. The summed E-state index contributed by atoms with van der Waals surface area (Å²) in [6.07, 6.45) is 1.42. The lowest BCUT2D eigenvalue weighted by atomic mass is 10.0. The fourth-order valence-electron chi connectivity index (χ4n) is 3.78. The van der Waals surface area contributed by atoms with Gasteiger partial charge in [-0.25, -0.2) is 4.79 Å². The molecule has 0 aliphatic carbocycles. The van der Waals surface area contributed by atoms with E-state index in [4.69, 9.17) is 4.84 Å². The summed E-state index contributed by atoms with van der Waals surface area (Å²) in [6, 6.07) is 26.1. The Morgan fingerprint density at radius 3 is 2.53 bits per heavy atom. The number of carbonyl (C=O) groups excluding carboxylic acids is 1. The Morgan fingerprint density at radius 1 is 1.03 bits per heavy atom. The lowest BCUT2D eigenvalue weighted by molar-refractivity contribution is 0.0608. The number of urea groups is 1. The van der Waals surface area contributed by atoms with Crippen molar-refractivity contribution in [1.29, 1.82) is 0 Å². The van der Waals surface area contributed by atoms with Crippen molar-refractivity contribution in [2.45, 2.75) is 39.3 Å². The van der Waals surface area contributed by atoms with Crippen LogP contribution in [-0.4, -0.2) is 29.3 Å². The minimum atomic E-state index is -0.178. The number of nitrogens with one attached hydrogen (secondary N) is 1. The van der Waals surface area contributed by atoms with Crippen molar-refractivity contribution in [2.24, 2.45) is 5.16 Å². The smallest absolute Gasteiger partial charge is 0.322 e. The molecule has 5 heteroatoms. The summed E-state index contributed by atoms with van der Waals surface area (Å²) in [5, 5.41) is 7.36. The highest BCUT2D eigenvalue weighted by Gasteiger charge is 2.27. The second kappa shape index (κ2) is 10.1. The summed E-state index contributed by atoms with van der Waals surface area (Å²) in [5.74, 6) is 0. The van der Waals surface area contributed by atoms with Crippen LogP contribution >= 0.6 is 0 Å². The quantitative estimate of drug-likeness (QED) is 0.519. The Balaban J connectivity index is 1.45. The topological polar surface area (TPSA) is 53.9 Å². The van der Waals surface area contributed by atoms with Crippen LogP contribution in [-0.2, 0) is 17.8 Å². The van der Waals surface area contributed by atoms with Gasteiger partial charge in [0.05, 0.1) is 12.3 Å². The van der Waals surface area contributed by atoms with E-state index in [1.54, 1.807) is 4.90 Å². The molecule has 3 aromatic carbocycles. The van der Waals surface area contributed by atoms with Gasteiger partial charge in [-0.2, -0.15) is 0 Å². The number of rotatable bonds is 7. The van der Waals surface area contributed by atoms with Crippen LogP contribution in [0.4, 0.5) is 10.5 Å². The molecule has 32 heavy (non-hydrogen) atoms. The summed E-state index contributed by atoms with van der Waals surface area (Å²) < 4.78 is 0. The molecular weight excluding hydrogens is 398 g/mol. The molecule has 0 spiro atoms. The molecule has 4 rings (SSSR count). The van der Waals surface area contributed by atoms with Gasteiger partial charge in [-0.1, -0.05) is 84.4 Å². The Labute approximate surface area is 189 Å². The van der Waals surface area contributed by atoms with Gasteiger partial charge in [-0.15, -0.1) is 0 Å². The van der Waals surface area contributed by atoms with Crippen LogP contribution in [0.25, 0.3) is 0 Å². The molecule has 1 heterocycles. The van der Waals surface area contributed by atoms with Gasteiger partial charge in [0, 0.05) is 18.7 Å². The molecule has 0 saturated heterocycles. The lowest BCUT2D eigenvalue weighted by Crippen LogP contribution is -2.40. The fraction of sp³-hybridized carbons (Fsp3) is 0.259. The Hall–Kier alpha value is -3.60. The maximum atomic E-state index is 13.2. The molecule has 164 valence electrons. The molecule has 0 unspecified atom stereocenters. The Kier molecular flexibility index (Phi) is 6.85. The molecule has 0 aromatic heterocycles. The van der Waals surface area contributed by atoms with Gasteiger partial charge in [0.1, 0.15) is 0 Å². The third kappa shape index (κ3) is 5.55. The van der Waals surface area contributed by atoms with Gasteiger partial charge < -0.3 is 15.1 Å². The van der Waals surface area contributed by atoms with E-state index in [0.29, 0.717) is 19.5 Å². The van der Waals surface area contributed by atoms with Gasteiger partial charge in [0.2, 0.25) is 0 Å². The fourth-order valence-corrected chi connectivity index (χ4v) is 3.78. The van der Waals surface area contributed by atoms with Crippen molar-refractivity contribution >= 4 is 17.4 Å². The summed E-state index contributed by atoms with van der Waals surface area (Å²) in [7, 11) is 0. The molecular formula is C27H29N3O2. The number of hydrogen-bond acceptors (Lipinski definition) is 3. The standard InChI is InChI=1S/C27H29N3O2/c1-3-21-10-7-11-24(16-21)28-27(31)30(18-22-8-5-4-6-9-22)19-25-17-26(29-32-25)23-14-12-20(2)13-15-23/h4-16,25H,3,17-19H2,1-2H3,(H,28,31)/t25-/m1/s1. The number of aryl methyl sites for hydroxylation is 2. The van der Waals surface area contributed by atoms with E-state index in [9.17, 15) is 4.79 Å². The highest BCUT2D eigenvalue weighted by atomic mass is 16.6. The van der Waals surface area contributed by atoms with E-state index >= 15 is 0 Å². The summed E-state index contributed by atoms with van der Waals surface area (Å²) in [6.45, 7) is 5.12. The van der Waals surface area contributed by atoms with E-state index in [1.165, 1.54) is 11.1 Å².